The summed E-state index contributed by atoms with van der Waals surface area (Å²) in [6.45, 7) is 1.96. The number of halogens is 1. The zero-order valence-electron chi connectivity index (χ0n) is 12.1. The fourth-order valence-electron chi connectivity index (χ4n) is 1.90. The molecule has 0 aromatic heterocycles. The molecule has 0 unspecified atom stereocenters. The third-order valence-corrected chi connectivity index (χ3v) is 3.72. The van der Waals surface area contributed by atoms with Gasteiger partial charge >= 0.3 is 0 Å². The zero-order valence-corrected chi connectivity index (χ0v) is 14.2. The van der Waals surface area contributed by atoms with Gasteiger partial charge in [-0.1, -0.05) is 0 Å². The van der Waals surface area contributed by atoms with E-state index in [1.165, 1.54) is 0 Å². The molecular formula is C16H16INO3. The van der Waals surface area contributed by atoms with Crippen molar-refractivity contribution in [2.75, 3.05) is 19.5 Å². The Kier molecular flexibility index (Phi) is 5.06. The van der Waals surface area contributed by atoms with E-state index in [9.17, 15) is 4.79 Å². The molecule has 5 heteroatoms. The number of methoxy groups -OCH3 is 2. The van der Waals surface area contributed by atoms with E-state index in [1.807, 2.05) is 25.1 Å². The van der Waals surface area contributed by atoms with Gasteiger partial charge in [-0.05, 0) is 65.4 Å². The van der Waals surface area contributed by atoms with Gasteiger partial charge < -0.3 is 14.8 Å². The predicted molar refractivity (Wildman–Crippen MR) is 91.4 cm³/mol. The number of anilines is 1. The van der Waals surface area contributed by atoms with Gasteiger partial charge in [0.1, 0.15) is 11.5 Å². The number of carbonyl (C=O) groups is 1. The lowest BCUT2D eigenvalue weighted by Crippen LogP contribution is -2.13. The molecule has 1 amide bonds. The van der Waals surface area contributed by atoms with E-state index < -0.39 is 0 Å². The van der Waals surface area contributed by atoms with Crippen LogP contribution in [-0.2, 0) is 0 Å². The smallest absolute Gasteiger partial charge is 0.255 e. The second-order valence-corrected chi connectivity index (χ2v) is 5.76. The lowest BCUT2D eigenvalue weighted by atomic mass is 10.1. The third-order valence-electron chi connectivity index (χ3n) is 3.05. The number of hydrogen-bond donors (Lipinski definition) is 1. The molecule has 0 heterocycles. The van der Waals surface area contributed by atoms with Crippen LogP contribution in [0.15, 0.2) is 36.4 Å². The number of rotatable bonds is 4. The summed E-state index contributed by atoms with van der Waals surface area (Å²) in [7, 11) is 3.11. The first-order chi connectivity index (χ1) is 10.0. The summed E-state index contributed by atoms with van der Waals surface area (Å²) >= 11 is 2.24. The number of ether oxygens (including phenoxy) is 2. The zero-order chi connectivity index (χ0) is 15.4. The van der Waals surface area contributed by atoms with E-state index in [-0.39, 0.29) is 5.91 Å². The van der Waals surface area contributed by atoms with E-state index in [2.05, 4.69) is 27.9 Å². The van der Waals surface area contributed by atoms with Gasteiger partial charge in [-0.3, -0.25) is 4.79 Å². The number of benzene rings is 2. The Hall–Kier alpha value is -1.76. The van der Waals surface area contributed by atoms with E-state index >= 15 is 0 Å². The van der Waals surface area contributed by atoms with Crippen molar-refractivity contribution >= 4 is 34.2 Å². The van der Waals surface area contributed by atoms with Crippen LogP contribution in [0, 0.1) is 10.5 Å². The van der Waals surface area contributed by atoms with Gasteiger partial charge in [0.15, 0.2) is 0 Å². The maximum Gasteiger partial charge on any atom is 0.255 e. The van der Waals surface area contributed by atoms with Crippen LogP contribution in [-0.4, -0.2) is 20.1 Å². The first-order valence-corrected chi connectivity index (χ1v) is 7.42. The lowest BCUT2D eigenvalue weighted by Gasteiger charge is -2.11. The van der Waals surface area contributed by atoms with Crippen LogP contribution in [0.2, 0.25) is 0 Å². The molecule has 0 saturated heterocycles. The van der Waals surface area contributed by atoms with Gasteiger partial charge in [0.05, 0.1) is 14.2 Å². The quantitative estimate of drug-likeness (QED) is 0.797. The van der Waals surface area contributed by atoms with Crippen molar-refractivity contribution in [3.63, 3.8) is 0 Å². The minimum absolute atomic E-state index is 0.198. The molecule has 21 heavy (non-hydrogen) atoms. The highest BCUT2D eigenvalue weighted by Gasteiger charge is 2.11. The van der Waals surface area contributed by atoms with E-state index in [4.69, 9.17) is 9.47 Å². The van der Waals surface area contributed by atoms with Gasteiger partial charge in [0.25, 0.3) is 5.91 Å². The Labute approximate surface area is 137 Å². The minimum atomic E-state index is -0.198. The summed E-state index contributed by atoms with van der Waals surface area (Å²) < 4.78 is 11.5. The molecule has 0 spiro atoms. The van der Waals surface area contributed by atoms with Gasteiger partial charge in [-0.15, -0.1) is 0 Å². The Morgan fingerprint density at radius 2 is 1.67 bits per heavy atom. The molecule has 0 fully saturated rings. The van der Waals surface area contributed by atoms with E-state index in [0.717, 1.165) is 14.8 Å². The van der Waals surface area contributed by atoms with Crippen molar-refractivity contribution in [1.82, 2.24) is 0 Å². The molecule has 0 aliphatic rings. The topological polar surface area (TPSA) is 47.6 Å². The van der Waals surface area contributed by atoms with Gasteiger partial charge in [-0.2, -0.15) is 0 Å². The summed E-state index contributed by atoms with van der Waals surface area (Å²) in [6, 6.07) is 11.0. The maximum absolute atomic E-state index is 12.4. The summed E-state index contributed by atoms with van der Waals surface area (Å²) in [5, 5.41) is 2.90. The summed E-state index contributed by atoms with van der Waals surface area (Å²) in [6.07, 6.45) is 0. The van der Waals surface area contributed by atoms with Crippen molar-refractivity contribution in [3.8, 4) is 11.5 Å². The molecule has 4 nitrogen and oxygen atoms in total. The predicted octanol–water partition coefficient (Wildman–Crippen LogP) is 3.87. The third kappa shape index (κ3) is 3.87. The summed E-state index contributed by atoms with van der Waals surface area (Å²) in [5.41, 5.74) is 2.30. The van der Waals surface area contributed by atoms with Crippen LogP contribution in [0.5, 0.6) is 11.5 Å². The highest BCUT2D eigenvalue weighted by atomic mass is 127. The molecule has 0 saturated carbocycles. The van der Waals surface area contributed by atoms with Crippen LogP contribution in [0.4, 0.5) is 5.69 Å². The highest BCUT2D eigenvalue weighted by molar-refractivity contribution is 14.1. The van der Waals surface area contributed by atoms with Gasteiger partial charge in [-0.25, -0.2) is 0 Å². The van der Waals surface area contributed by atoms with Crippen molar-refractivity contribution in [1.29, 1.82) is 0 Å². The number of amides is 1. The van der Waals surface area contributed by atoms with Gasteiger partial charge in [0, 0.05) is 20.9 Å². The Morgan fingerprint density at radius 1 is 1.05 bits per heavy atom. The maximum atomic E-state index is 12.4. The molecule has 2 aromatic carbocycles. The fraction of sp³-hybridized carbons (Fsp3) is 0.188. The molecule has 2 rings (SSSR count). The van der Waals surface area contributed by atoms with Crippen LogP contribution in [0.25, 0.3) is 0 Å². The van der Waals surface area contributed by atoms with Crippen LogP contribution in [0.3, 0.4) is 0 Å². The number of hydrogen-bond acceptors (Lipinski definition) is 3. The molecule has 0 bridgehead atoms. The molecule has 2 aromatic rings. The molecule has 0 atom stereocenters. The minimum Gasteiger partial charge on any atom is -0.497 e. The number of aryl methyl sites for hydroxylation is 1. The molecule has 1 N–H and O–H groups in total. The van der Waals surface area contributed by atoms with Crippen molar-refractivity contribution in [2.45, 2.75) is 6.92 Å². The van der Waals surface area contributed by atoms with Gasteiger partial charge in [0.2, 0.25) is 0 Å². The van der Waals surface area contributed by atoms with E-state index in [1.54, 1.807) is 32.4 Å². The fourth-order valence-corrected chi connectivity index (χ4v) is 2.55. The van der Waals surface area contributed by atoms with Crippen LogP contribution < -0.4 is 14.8 Å². The van der Waals surface area contributed by atoms with Crippen LogP contribution in [0.1, 0.15) is 15.9 Å². The average Bonchev–Trinajstić information content (AvgIpc) is 2.49. The van der Waals surface area contributed by atoms with Crippen molar-refractivity contribution in [3.05, 3.63) is 51.1 Å². The Balaban J connectivity index is 2.27. The van der Waals surface area contributed by atoms with Crippen molar-refractivity contribution < 1.29 is 14.3 Å². The molecule has 0 aliphatic carbocycles. The Morgan fingerprint density at radius 3 is 2.19 bits per heavy atom. The lowest BCUT2D eigenvalue weighted by molar-refractivity contribution is 0.102. The van der Waals surface area contributed by atoms with E-state index in [0.29, 0.717) is 17.1 Å². The second kappa shape index (κ2) is 6.80. The first-order valence-electron chi connectivity index (χ1n) is 6.34. The van der Waals surface area contributed by atoms with Crippen LogP contribution >= 0.6 is 22.6 Å². The first kappa shape index (κ1) is 15.6. The second-order valence-electron chi connectivity index (χ2n) is 4.51. The summed E-state index contributed by atoms with van der Waals surface area (Å²) in [4.78, 5) is 12.4. The molecule has 110 valence electrons. The number of carbonyl (C=O) groups excluding carboxylic acids is 1. The Bertz CT molecular complexity index is 648. The number of nitrogens with one attached hydrogen (secondary N) is 1. The molecule has 0 radical (unpaired) electrons. The summed E-state index contributed by atoms with van der Waals surface area (Å²) in [5.74, 6) is 0.967. The average molecular weight is 397 g/mol. The monoisotopic (exact) mass is 397 g/mol. The largest absolute Gasteiger partial charge is 0.497 e. The van der Waals surface area contributed by atoms with Crippen molar-refractivity contribution in [2.24, 2.45) is 0 Å². The highest BCUT2D eigenvalue weighted by Crippen LogP contribution is 2.24. The normalized spacial score (nSPS) is 10.1. The molecular weight excluding hydrogens is 381 g/mol. The molecule has 0 aliphatic heterocycles. The SMILES string of the molecule is COc1cc(OC)cc(C(=O)Nc2ccc(I)cc2C)c1. The standard InChI is InChI=1S/C16H16INO3/c1-10-6-12(17)4-5-15(10)18-16(19)11-7-13(20-2)9-14(8-11)21-3/h4-9H,1-3H3,(H,18,19).